The van der Waals surface area contributed by atoms with E-state index in [2.05, 4.69) is 30.8 Å². The molecule has 0 aliphatic carbocycles. The van der Waals surface area contributed by atoms with Crippen LogP contribution in [0, 0.1) is 6.92 Å². The molecule has 2 aromatic heterocycles. The van der Waals surface area contributed by atoms with Crippen molar-refractivity contribution in [3.05, 3.63) is 66.2 Å². The second-order valence-electron chi connectivity index (χ2n) is 15.3. The Bertz CT molecular complexity index is 3120. The molecule has 4 aromatic carbocycles. The molecule has 0 aliphatic rings. The highest BCUT2D eigenvalue weighted by Crippen LogP contribution is 2.45. The average molecular weight is 1060 g/mol. The summed E-state index contributed by atoms with van der Waals surface area (Å²) in [5.74, 6) is 0. The number of hydrogen-bond acceptors (Lipinski definition) is 24. The molecule has 0 saturated carbocycles. The lowest BCUT2D eigenvalue weighted by atomic mass is 10.0. The topological polar surface area (TPSA) is 440 Å². The third-order valence-corrected chi connectivity index (χ3v) is 15.3. The van der Waals surface area contributed by atoms with Crippen LogP contribution >= 0.6 is 22.7 Å². The number of benzene rings is 4. The van der Waals surface area contributed by atoms with Crippen molar-refractivity contribution in [3.8, 4) is 21.1 Å². The molecule has 0 amide bonds. The third kappa shape index (κ3) is 12.0. The Kier molecular flexibility index (Phi) is 16.5. The van der Waals surface area contributed by atoms with Crippen LogP contribution in [0.2, 0.25) is 0 Å². The van der Waals surface area contributed by atoms with Gasteiger partial charge in [0.2, 0.25) is 0 Å². The van der Waals surface area contributed by atoms with E-state index in [-0.39, 0.29) is 22.2 Å². The lowest BCUT2D eigenvalue weighted by Gasteiger charge is -2.27. The molecule has 6 rings (SSSR count). The minimum absolute atomic E-state index is 0.0202. The van der Waals surface area contributed by atoms with E-state index in [1.165, 1.54) is 34.8 Å². The predicted molar refractivity (Wildman–Crippen MR) is 248 cm³/mol. The van der Waals surface area contributed by atoms with E-state index >= 15 is 0 Å². The Morgan fingerprint density at radius 3 is 1.54 bits per heavy atom. The summed E-state index contributed by atoms with van der Waals surface area (Å²) in [7, 11) is -15.6. The number of anilines is 2. The number of aliphatic hydroxyl groups is 10. The molecule has 8 unspecified atom stereocenters. The van der Waals surface area contributed by atoms with Gasteiger partial charge in [0, 0.05) is 24.2 Å². The van der Waals surface area contributed by atoms with Gasteiger partial charge in [0.1, 0.15) is 72.5 Å². The molecule has 0 saturated heterocycles. The van der Waals surface area contributed by atoms with E-state index in [9.17, 15) is 79.8 Å². The molecule has 0 fully saturated rings. The van der Waals surface area contributed by atoms with Crippen LogP contribution in [0.25, 0.3) is 41.6 Å². The fourth-order valence-corrected chi connectivity index (χ4v) is 11.1. The van der Waals surface area contributed by atoms with Gasteiger partial charge in [-0.3, -0.25) is 13.7 Å². The monoisotopic (exact) mass is 1060 g/mol. The van der Waals surface area contributed by atoms with E-state index < -0.39 is 132 Å². The van der Waals surface area contributed by atoms with Crippen molar-refractivity contribution in [1.82, 2.24) is 9.97 Å². The normalized spacial score (nSPS) is 16.3. The fraction of sp³-hybridized carbons (Fsp3) is 0.333. The molecular weight excluding hydrogens is 1020 g/mol. The molecule has 0 aliphatic heterocycles. The lowest BCUT2D eigenvalue weighted by Crippen LogP contribution is -2.48. The van der Waals surface area contributed by atoms with Gasteiger partial charge < -0.3 is 61.7 Å². The van der Waals surface area contributed by atoms with E-state index in [1.54, 1.807) is 49.4 Å². The van der Waals surface area contributed by atoms with Crippen molar-refractivity contribution in [1.29, 1.82) is 0 Å². The maximum atomic E-state index is 12.8. The van der Waals surface area contributed by atoms with Crippen molar-refractivity contribution < 1.29 is 90.0 Å². The number of aromatic nitrogens is 2. The number of aryl methyl sites for hydroxylation is 1. The molecule has 15 N–H and O–H groups in total. The zero-order valence-corrected chi connectivity index (χ0v) is 39.4. The van der Waals surface area contributed by atoms with E-state index in [0.717, 1.165) is 0 Å². The smallest absolute Gasteiger partial charge is 0.296 e. The highest BCUT2D eigenvalue weighted by atomic mass is 32.2. The zero-order valence-electron chi connectivity index (χ0n) is 35.3. The number of hydrogen-bond donors (Lipinski definition) is 15. The Morgan fingerprint density at radius 2 is 1.04 bits per heavy atom. The van der Waals surface area contributed by atoms with Gasteiger partial charge in [-0.05, 0) is 67.1 Å². The third-order valence-electron chi connectivity index (χ3n) is 10.4. The van der Waals surface area contributed by atoms with Gasteiger partial charge in [-0.15, -0.1) is 27.8 Å². The summed E-state index contributed by atoms with van der Waals surface area (Å²) < 4.78 is 107. The SMILES string of the molecule is Cc1ccc2sc(-c3ccc4nc(-c5ccc(N=Nc6c(NCC(O)C(O)C(O)C(O)CO)c(S(=O)(=O)O)cc(S(=O)(=O)O)c6NCC(O)C(O)C(O)C(O)CO)cc5)sc4c3)nc2c1S(=O)(=O)O. The van der Waals surface area contributed by atoms with Crippen molar-refractivity contribution >= 4 is 96.2 Å². The summed E-state index contributed by atoms with van der Waals surface area (Å²) in [6.45, 7) is -2.53. The van der Waals surface area contributed by atoms with Crippen LogP contribution in [0.15, 0.2) is 85.6 Å². The molecule has 69 heavy (non-hydrogen) atoms. The first kappa shape index (κ1) is 53.5. The van der Waals surface area contributed by atoms with Crippen molar-refractivity contribution in [2.24, 2.45) is 10.2 Å². The van der Waals surface area contributed by atoms with Crippen molar-refractivity contribution in [2.75, 3.05) is 36.9 Å². The number of rotatable bonds is 21. The fourth-order valence-electron chi connectivity index (χ4n) is 6.73. The Hall–Kier alpha value is -4.81. The van der Waals surface area contributed by atoms with Crippen LogP contribution in [-0.2, 0) is 30.4 Å². The second-order valence-corrected chi connectivity index (χ2v) is 21.5. The largest absolute Gasteiger partial charge is 0.394 e. The Morgan fingerprint density at radius 1 is 0.565 bits per heavy atom. The predicted octanol–water partition coefficient (Wildman–Crippen LogP) is 0.400. The summed E-state index contributed by atoms with van der Waals surface area (Å²) in [6.07, 6.45) is -16.9. The molecule has 0 spiro atoms. The average Bonchev–Trinajstić information content (AvgIpc) is 3.93. The molecule has 2 heterocycles. The maximum Gasteiger partial charge on any atom is 0.296 e. The first-order valence-corrected chi connectivity index (χ1v) is 25.8. The van der Waals surface area contributed by atoms with Crippen LogP contribution in [0.4, 0.5) is 22.7 Å². The molecular formula is C39H44N6O19S5. The summed E-state index contributed by atoms with van der Waals surface area (Å²) in [5.41, 5.74) is -0.497. The number of azo groups is 1. The van der Waals surface area contributed by atoms with Gasteiger partial charge in [0.05, 0.1) is 57.4 Å². The summed E-state index contributed by atoms with van der Waals surface area (Å²) in [6, 6.07) is 14.6. The van der Waals surface area contributed by atoms with E-state index in [1.807, 2.05) is 0 Å². The maximum absolute atomic E-state index is 12.8. The van der Waals surface area contributed by atoms with Gasteiger partial charge in [0.15, 0.2) is 0 Å². The number of nitrogens with zero attached hydrogens (tertiary/aromatic N) is 4. The van der Waals surface area contributed by atoms with Gasteiger partial charge in [0.25, 0.3) is 30.4 Å². The van der Waals surface area contributed by atoms with Crippen LogP contribution < -0.4 is 10.6 Å². The summed E-state index contributed by atoms with van der Waals surface area (Å²) >= 11 is 2.49. The number of aliphatic hydroxyl groups excluding tert-OH is 10. The van der Waals surface area contributed by atoms with Crippen LogP contribution in [0.3, 0.4) is 0 Å². The minimum Gasteiger partial charge on any atom is -0.394 e. The van der Waals surface area contributed by atoms with Crippen LogP contribution in [0.5, 0.6) is 0 Å². The number of thiazole rings is 2. The summed E-state index contributed by atoms with van der Waals surface area (Å²) in [5, 5.41) is 114. The molecule has 0 bridgehead atoms. The second kappa shape index (κ2) is 21.3. The Balaban J connectivity index is 1.39. The van der Waals surface area contributed by atoms with Gasteiger partial charge in [-0.2, -0.15) is 30.4 Å². The van der Waals surface area contributed by atoms with E-state index in [4.69, 9.17) is 10.2 Å². The molecule has 8 atom stereocenters. The Labute approximate surface area is 399 Å². The van der Waals surface area contributed by atoms with Gasteiger partial charge in [-0.1, -0.05) is 6.07 Å². The van der Waals surface area contributed by atoms with Crippen LogP contribution in [-0.4, -0.2) is 175 Å². The molecule has 374 valence electrons. The first-order chi connectivity index (χ1) is 32.2. The molecule has 6 aromatic rings. The standard InChI is InChI=1S/C39H44N6O19S5/c1-16-2-9-25-29(37(16)69(62,63)64)43-39(65-25)18-5-8-20-26(10-18)66-38(42-20)17-3-6-19(7-4-17)44-45-32-30(40-12-21(48)33(52)35(54)23(50)14-46)27(67(56,57)58)11-28(68(59,60)61)31(32)41-13-22(49)34(53)36(55)24(51)15-47/h2-11,21-24,33-36,40-41,46-55H,12-15H2,1H3,(H,56,57,58)(H,59,60,61)(H,62,63,64). The molecule has 0 radical (unpaired) electrons. The molecule has 30 heteroatoms. The van der Waals surface area contributed by atoms with Crippen molar-refractivity contribution in [3.63, 3.8) is 0 Å². The quantitative estimate of drug-likeness (QED) is 0.0343. The number of fused-ring (bicyclic) bond motifs is 2. The minimum atomic E-state index is -5.54. The van der Waals surface area contributed by atoms with E-state index in [0.29, 0.717) is 41.6 Å². The van der Waals surface area contributed by atoms with Crippen LogP contribution in [0.1, 0.15) is 5.56 Å². The van der Waals surface area contributed by atoms with Gasteiger partial charge in [-0.25, -0.2) is 9.97 Å². The summed E-state index contributed by atoms with van der Waals surface area (Å²) in [4.78, 5) is 6.24. The number of nitrogens with one attached hydrogen (secondary N) is 2. The molecule has 25 nitrogen and oxygen atoms in total. The lowest BCUT2D eigenvalue weighted by molar-refractivity contribution is -0.111. The highest BCUT2D eigenvalue weighted by molar-refractivity contribution is 7.87. The zero-order chi connectivity index (χ0) is 50.9. The highest BCUT2D eigenvalue weighted by Gasteiger charge is 2.35. The van der Waals surface area contributed by atoms with Gasteiger partial charge >= 0.3 is 0 Å². The first-order valence-electron chi connectivity index (χ1n) is 19.9. The van der Waals surface area contributed by atoms with Crippen molar-refractivity contribution in [2.45, 2.75) is 70.4 Å².